The van der Waals surface area contributed by atoms with E-state index in [0.717, 1.165) is 24.3 Å². The summed E-state index contributed by atoms with van der Waals surface area (Å²) in [7, 11) is 0. The Balaban J connectivity index is 1.89. The van der Waals surface area contributed by atoms with Gasteiger partial charge in [-0.1, -0.05) is 19.3 Å². The summed E-state index contributed by atoms with van der Waals surface area (Å²) in [4.78, 5) is 0. The van der Waals surface area contributed by atoms with Gasteiger partial charge in [0.05, 0.1) is 0 Å². The highest BCUT2D eigenvalue weighted by Crippen LogP contribution is 2.43. The van der Waals surface area contributed by atoms with Crippen LogP contribution in [0.3, 0.4) is 0 Å². The van der Waals surface area contributed by atoms with E-state index in [-0.39, 0.29) is 0 Å². The van der Waals surface area contributed by atoms with Crippen LogP contribution in [-0.2, 0) is 0 Å². The van der Waals surface area contributed by atoms with Crippen molar-refractivity contribution in [3.05, 3.63) is 0 Å². The van der Waals surface area contributed by atoms with Gasteiger partial charge in [-0.05, 0) is 35.8 Å². The second-order valence-electron chi connectivity index (χ2n) is 3.89. The minimum atomic E-state index is 0.852. The fraction of sp³-hybridized carbons (Fsp3) is 1.00. The normalized spacial score (nSPS) is 39.0. The maximum Gasteiger partial charge on any atom is -0.00239 e. The predicted molar refractivity (Wildman–Crippen MR) is 50.7 cm³/mol. The van der Waals surface area contributed by atoms with E-state index in [1.807, 2.05) is 0 Å². The van der Waals surface area contributed by atoms with Gasteiger partial charge in [0, 0.05) is 0 Å². The summed E-state index contributed by atoms with van der Waals surface area (Å²) in [6.07, 6.45) is 4.45. The summed E-state index contributed by atoms with van der Waals surface area (Å²) in [5, 5.41) is 0. The second-order valence-corrected chi connectivity index (χ2v) is 4.96. The molecule has 0 amide bonds. The minimum Gasteiger partial charge on any atom is -0.330 e. The lowest BCUT2D eigenvalue weighted by atomic mass is 9.72. The minimum absolute atomic E-state index is 0.852. The molecule has 1 saturated heterocycles. The van der Waals surface area contributed by atoms with Crippen molar-refractivity contribution >= 4 is 11.8 Å². The highest BCUT2D eigenvalue weighted by Gasteiger charge is 2.35. The van der Waals surface area contributed by atoms with Gasteiger partial charge < -0.3 is 5.73 Å². The highest BCUT2D eigenvalue weighted by molar-refractivity contribution is 7.99. The molecule has 2 heteroatoms. The molecule has 0 spiro atoms. The highest BCUT2D eigenvalue weighted by atomic mass is 32.2. The fourth-order valence-electron chi connectivity index (χ4n) is 2.25. The van der Waals surface area contributed by atoms with Crippen molar-refractivity contribution in [3.8, 4) is 0 Å². The number of nitrogens with two attached hydrogens (primary N) is 1. The maximum atomic E-state index is 5.73. The Bertz CT molecular complexity index is 134. The lowest BCUT2D eigenvalue weighted by Gasteiger charge is -2.34. The molecular weight excluding hydrogens is 154 g/mol. The lowest BCUT2D eigenvalue weighted by Crippen LogP contribution is -2.31. The SMILES string of the molecule is NCC1CSCC1C1CCC1. The Morgan fingerprint density at radius 3 is 2.64 bits per heavy atom. The van der Waals surface area contributed by atoms with Gasteiger partial charge in [0.2, 0.25) is 0 Å². The number of hydrogen-bond donors (Lipinski definition) is 1. The van der Waals surface area contributed by atoms with Crippen LogP contribution in [0.15, 0.2) is 0 Å². The quantitative estimate of drug-likeness (QED) is 0.684. The van der Waals surface area contributed by atoms with Crippen molar-refractivity contribution < 1.29 is 0 Å². The third-order valence-corrected chi connectivity index (χ3v) is 4.59. The zero-order valence-electron chi connectivity index (χ0n) is 6.96. The van der Waals surface area contributed by atoms with Gasteiger partial charge in [-0.25, -0.2) is 0 Å². The molecule has 0 radical (unpaired) electrons. The van der Waals surface area contributed by atoms with Gasteiger partial charge in [0.15, 0.2) is 0 Å². The van der Waals surface area contributed by atoms with Gasteiger partial charge >= 0.3 is 0 Å². The molecule has 0 bridgehead atoms. The molecule has 1 saturated carbocycles. The Morgan fingerprint density at radius 2 is 2.09 bits per heavy atom. The number of rotatable bonds is 2. The summed E-state index contributed by atoms with van der Waals surface area (Å²) < 4.78 is 0. The number of thioether (sulfide) groups is 1. The van der Waals surface area contributed by atoms with Crippen LogP contribution < -0.4 is 5.73 Å². The molecule has 1 aliphatic heterocycles. The van der Waals surface area contributed by atoms with Crippen LogP contribution in [0, 0.1) is 17.8 Å². The van der Waals surface area contributed by atoms with Crippen molar-refractivity contribution in [3.63, 3.8) is 0 Å². The number of hydrogen-bond acceptors (Lipinski definition) is 2. The van der Waals surface area contributed by atoms with Gasteiger partial charge in [-0.15, -0.1) is 0 Å². The summed E-state index contributed by atoms with van der Waals surface area (Å²) in [6, 6.07) is 0. The molecule has 2 fully saturated rings. The van der Waals surface area contributed by atoms with Crippen molar-refractivity contribution in [2.75, 3.05) is 18.1 Å². The van der Waals surface area contributed by atoms with Crippen LogP contribution in [0.5, 0.6) is 0 Å². The zero-order chi connectivity index (χ0) is 7.68. The van der Waals surface area contributed by atoms with Gasteiger partial charge in [-0.2, -0.15) is 11.8 Å². The van der Waals surface area contributed by atoms with Crippen LogP contribution in [0.25, 0.3) is 0 Å². The average molecular weight is 171 g/mol. The third-order valence-electron chi connectivity index (χ3n) is 3.31. The molecule has 2 rings (SSSR count). The largest absolute Gasteiger partial charge is 0.330 e. The zero-order valence-corrected chi connectivity index (χ0v) is 7.78. The van der Waals surface area contributed by atoms with Crippen LogP contribution in [0.1, 0.15) is 19.3 Å². The third kappa shape index (κ3) is 1.43. The fourth-order valence-corrected chi connectivity index (χ4v) is 3.89. The van der Waals surface area contributed by atoms with E-state index in [0.29, 0.717) is 0 Å². The topological polar surface area (TPSA) is 26.0 Å². The van der Waals surface area contributed by atoms with Crippen LogP contribution >= 0.6 is 11.8 Å². The van der Waals surface area contributed by atoms with Gasteiger partial charge in [0.25, 0.3) is 0 Å². The predicted octanol–water partition coefficient (Wildman–Crippen LogP) is 1.72. The van der Waals surface area contributed by atoms with E-state index in [1.54, 1.807) is 0 Å². The Labute approximate surface area is 73.1 Å². The van der Waals surface area contributed by atoms with E-state index >= 15 is 0 Å². The molecule has 0 aromatic carbocycles. The van der Waals surface area contributed by atoms with Crippen LogP contribution in [0.4, 0.5) is 0 Å². The molecular formula is C9H17NS. The van der Waals surface area contributed by atoms with Crippen molar-refractivity contribution in [2.24, 2.45) is 23.5 Å². The molecule has 2 atom stereocenters. The second kappa shape index (κ2) is 3.36. The summed E-state index contributed by atoms with van der Waals surface area (Å²) >= 11 is 2.11. The standard InChI is InChI=1S/C9H17NS/c10-4-8-5-11-6-9(8)7-2-1-3-7/h7-9H,1-6,10H2. The first kappa shape index (κ1) is 7.93. The molecule has 11 heavy (non-hydrogen) atoms. The summed E-state index contributed by atoms with van der Waals surface area (Å²) in [6.45, 7) is 0.925. The molecule has 2 unspecified atom stereocenters. The average Bonchev–Trinajstić information content (AvgIpc) is 2.32. The Kier molecular flexibility index (Phi) is 2.42. The molecule has 0 aromatic rings. The van der Waals surface area contributed by atoms with E-state index in [9.17, 15) is 0 Å². The lowest BCUT2D eigenvalue weighted by molar-refractivity contribution is 0.184. The van der Waals surface area contributed by atoms with E-state index in [4.69, 9.17) is 5.73 Å². The molecule has 1 heterocycles. The molecule has 64 valence electrons. The van der Waals surface area contributed by atoms with E-state index < -0.39 is 0 Å². The maximum absolute atomic E-state index is 5.73. The Morgan fingerprint density at radius 1 is 1.27 bits per heavy atom. The molecule has 2 aliphatic rings. The molecule has 1 aliphatic carbocycles. The van der Waals surface area contributed by atoms with Crippen LogP contribution in [0.2, 0.25) is 0 Å². The smallest absolute Gasteiger partial charge is 0.00239 e. The Hall–Kier alpha value is 0.310. The van der Waals surface area contributed by atoms with Crippen LogP contribution in [-0.4, -0.2) is 18.1 Å². The van der Waals surface area contributed by atoms with E-state index in [2.05, 4.69) is 11.8 Å². The molecule has 2 N–H and O–H groups in total. The first-order chi connectivity index (χ1) is 5.42. The summed E-state index contributed by atoms with van der Waals surface area (Å²) in [5.74, 6) is 5.62. The van der Waals surface area contributed by atoms with Crippen molar-refractivity contribution in [1.82, 2.24) is 0 Å². The molecule has 0 aromatic heterocycles. The monoisotopic (exact) mass is 171 g/mol. The summed E-state index contributed by atoms with van der Waals surface area (Å²) in [5.41, 5.74) is 5.73. The van der Waals surface area contributed by atoms with Gasteiger partial charge in [-0.3, -0.25) is 0 Å². The van der Waals surface area contributed by atoms with Gasteiger partial charge in [0.1, 0.15) is 0 Å². The first-order valence-corrected chi connectivity index (χ1v) is 5.85. The molecule has 1 nitrogen and oxygen atoms in total. The van der Waals surface area contributed by atoms with E-state index in [1.165, 1.54) is 30.8 Å². The van der Waals surface area contributed by atoms with Crippen molar-refractivity contribution in [1.29, 1.82) is 0 Å². The van der Waals surface area contributed by atoms with Crippen molar-refractivity contribution in [2.45, 2.75) is 19.3 Å². The first-order valence-electron chi connectivity index (χ1n) is 4.69.